The molecule has 0 aliphatic carbocycles. The van der Waals surface area contributed by atoms with E-state index in [1.807, 2.05) is 11.5 Å². The summed E-state index contributed by atoms with van der Waals surface area (Å²) < 4.78 is 35.5. The second-order valence-corrected chi connectivity index (χ2v) is 11.1. The molecule has 2 saturated heterocycles. The van der Waals surface area contributed by atoms with Crippen molar-refractivity contribution in [3.63, 3.8) is 0 Å². The van der Waals surface area contributed by atoms with E-state index >= 15 is 0 Å². The molecule has 0 spiro atoms. The van der Waals surface area contributed by atoms with Crippen LogP contribution >= 0.6 is 12.2 Å². The SMILES string of the molecule is CCCNC(=O)CN1CCN(Cn2c(=S)oc3ccc(S(=O)(=O)N4CCCCC4)cc32)CC1. The molecule has 33 heavy (non-hydrogen) atoms. The van der Waals surface area contributed by atoms with Crippen LogP contribution in [-0.2, 0) is 21.5 Å². The molecule has 0 unspecified atom stereocenters. The molecule has 2 aliphatic heterocycles. The second-order valence-electron chi connectivity index (χ2n) is 8.78. The summed E-state index contributed by atoms with van der Waals surface area (Å²) in [6.45, 7) is 7.99. The summed E-state index contributed by atoms with van der Waals surface area (Å²) in [5.74, 6) is 0.0655. The summed E-state index contributed by atoms with van der Waals surface area (Å²) in [7, 11) is -3.53. The number of fused-ring (bicyclic) bond motifs is 1. The summed E-state index contributed by atoms with van der Waals surface area (Å²) in [6, 6.07) is 5.00. The molecule has 0 bridgehead atoms. The molecule has 0 radical (unpaired) electrons. The van der Waals surface area contributed by atoms with Crippen LogP contribution in [0.1, 0.15) is 32.6 Å². The number of nitrogens with one attached hydrogen (secondary N) is 1. The fourth-order valence-corrected chi connectivity index (χ4v) is 6.19. The molecule has 3 heterocycles. The lowest BCUT2D eigenvalue weighted by molar-refractivity contribution is -0.122. The van der Waals surface area contributed by atoms with Crippen molar-refractivity contribution in [2.24, 2.45) is 0 Å². The van der Waals surface area contributed by atoms with Crippen LogP contribution in [0.4, 0.5) is 0 Å². The van der Waals surface area contributed by atoms with E-state index in [0.717, 1.165) is 51.9 Å². The minimum atomic E-state index is -3.53. The van der Waals surface area contributed by atoms with Gasteiger partial charge in [0.05, 0.1) is 23.6 Å². The lowest BCUT2D eigenvalue weighted by Gasteiger charge is -2.34. The van der Waals surface area contributed by atoms with Gasteiger partial charge in [0.1, 0.15) is 0 Å². The number of oxazole rings is 1. The standard InChI is InChI=1S/C22H33N5O4S2/c1-2-8-23-21(28)16-24-11-13-25(14-12-24)17-27-19-15-18(6-7-20(19)31-22(27)32)33(29,30)26-9-4-3-5-10-26/h6-7,15H,2-5,8-14,16-17H2,1H3,(H,23,28). The minimum Gasteiger partial charge on any atom is -0.429 e. The number of hydrogen-bond donors (Lipinski definition) is 1. The quantitative estimate of drug-likeness (QED) is 0.562. The first kappa shape index (κ1) is 24.3. The number of rotatable bonds is 8. The number of nitrogens with zero attached hydrogens (tertiary/aromatic N) is 4. The normalized spacial score (nSPS) is 19.2. The highest BCUT2D eigenvalue weighted by Gasteiger charge is 2.27. The average Bonchev–Trinajstić information content (AvgIpc) is 3.13. The highest BCUT2D eigenvalue weighted by atomic mass is 32.2. The van der Waals surface area contributed by atoms with E-state index < -0.39 is 10.0 Å². The van der Waals surface area contributed by atoms with Gasteiger partial charge in [0.25, 0.3) is 4.84 Å². The second kappa shape index (κ2) is 10.6. The maximum absolute atomic E-state index is 13.1. The summed E-state index contributed by atoms with van der Waals surface area (Å²) in [5, 5.41) is 2.92. The monoisotopic (exact) mass is 495 g/mol. The van der Waals surface area contributed by atoms with E-state index in [0.29, 0.717) is 48.8 Å². The van der Waals surface area contributed by atoms with Crippen molar-refractivity contribution in [3.8, 4) is 0 Å². The van der Waals surface area contributed by atoms with E-state index in [1.165, 1.54) is 0 Å². The van der Waals surface area contributed by atoms with E-state index in [1.54, 1.807) is 22.5 Å². The predicted octanol–water partition coefficient (Wildman–Crippen LogP) is 2.24. The zero-order valence-electron chi connectivity index (χ0n) is 19.2. The molecule has 1 aromatic heterocycles. The Balaban J connectivity index is 1.45. The zero-order valence-corrected chi connectivity index (χ0v) is 20.8. The molecule has 182 valence electrons. The van der Waals surface area contributed by atoms with Gasteiger partial charge in [-0.2, -0.15) is 4.31 Å². The Labute approximate surface area is 200 Å². The van der Waals surface area contributed by atoms with Gasteiger partial charge in [-0.3, -0.25) is 19.2 Å². The van der Waals surface area contributed by atoms with Crippen molar-refractivity contribution in [1.82, 2.24) is 24.0 Å². The molecule has 1 amide bonds. The molecule has 2 aromatic rings. The van der Waals surface area contributed by atoms with Crippen LogP contribution in [0.5, 0.6) is 0 Å². The van der Waals surface area contributed by atoms with E-state index in [9.17, 15) is 13.2 Å². The number of sulfonamides is 1. The Morgan fingerprint density at radius 3 is 2.45 bits per heavy atom. The number of amides is 1. The highest BCUT2D eigenvalue weighted by molar-refractivity contribution is 7.89. The van der Waals surface area contributed by atoms with Gasteiger partial charge in [0, 0.05) is 45.8 Å². The van der Waals surface area contributed by atoms with Crippen molar-refractivity contribution in [2.45, 2.75) is 44.2 Å². The topological polar surface area (TPSA) is 91.0 Å². The molecule has 11 heteroatoms. The minimum absolute atomic E-state index is 0.0655. The van der Waals surface area contributed by atoms with Crippen molar-refractivity contribution >= 4 is 39.2 Å². The maximum atomic E-state index is 13.1. The first-order valence-electron chi connectivity index (χ1n) is 11.7. The van der Waals surface area contributed by atoms with Gasteiger partial charge in [-0.1, -0.05) is 13.3 Å². The summed E-state index contributed by atoms with van der Waals surface area (Å²) in [4.78, 5) is 17.0. The third-order valence-corrected chi connectivity index (χ3v) is 8.54. The largest absolute Gasteiger partial charge is 0.429 e. The Morgan fingerprint density at radius 2 is 1.76 bits per heavy atom. The van der Waals surface area contributed by atoms with Crippen molar-refractivity contribution in [2.75, 3.05) is 52.4 Å². The molecule has 0 atom stereocenters. The molecule has 9 nitrogen and oxygen atoms in total. The third-order valence-electron chi connectivity index (χ3n) is 6.34. The summed E-state index contributed by atoms with van der Waals surface area (Å²) in [6.07, 6.45) is 3.80. The Morgan fingerprint density at radius 1 is 1.06 bits per heavy atom. The number of aromatic nitrogens is 1. The summed E-state index contributed by atoms with van der Waals surface area (Å²) >= 11 is 5.45. The lowest BCUT2D eigenvalue weighted by Crippen LogP contribution is -2.49. The molecule has 4 rings (SSSR count). The molecule has 1 N–H and O–H groups in total. The van der Waals surface area contributed by atoms with Crippen LogP contribution in [0.2, 0.25) is 0 Å². The molecular weight excluding hydrogens is 462 g/mol. The highest BCUT2D eigenvalue weighted by Crippen LogP contribution is 2.26. The van der Waals surface area contributed by atoms with Crippen molar-refractivity contribution < 1.29 is 17.6 Å². The molecule has 2 aliphatic rings. The number of carbonyl (C=O) groups is 1. The van der Waals surface area contributed by atoms with Gasteiger partial charge in [-0.05, 0) is 49.7 Å². The van der Waals surface area contributed by atoms with E-state index in [-0.39, 0.29) is 10.8 Å². The number of benzene rings is 1. The molecular formula is C22H33N5O4S2. The lowest BCUT2D eigenvalue weighted by atomic mass is 10.2. The van der Waals surface area contributed by atoms with Crippen LogP contribution in [0.3, 0.4) is 0 Å². The van der Waals surface area contributed by atoms with Crippen LogP contribution in [0.15, 0.2) is 27.5 Å². The average molecular weight is 496 g/mol. The van der Waals surface area contributed by atoms with Crippen LogP contribution in [0.25, 0.3) is 11.1 Å². The van der Waals surface area contributed by atoms with Gasteiger partial charge in [-0.25, -0.2) is 8.42 Å². The molecule has 0 saturated carbocycles. The Kier molecular flexibility index (Phi) is 7.85. The number of piperazine rings is 1. The third kappa shape index (κ3) is 5.65. The van der Waals surface area contributed by atoms with Crippen LogP contribution < -0.4 is 5.32 Å². The van der Waals surface area contributed by atoms with Crippen LogP contribution in [-0.4, -0.2) is 85.4 Å². The first-order chi connectivity index (χ1) is 15.9. The van der Waals surface area contributed by atoms with Gasteiger partial charge in [0.2, 0.25) is 15.9 Å². The summed E-state index contributed by atoms with van der Waals surface area (Å²) in [5.41, 5.74) is 1.28. The maximum Gasteiger partial charge on any atom is 0.270 e. The first-order valence-corrected chi connectivity index (χ1v) is 13.6. The number of hydrogen-bond acceptors (Lipinski definition) is 7. The fraction of sp³-hybridized carbons (Fsp3) is 0.636. The number of piperidine rings is 1. The van der Waals surface area contributed by atoms with Gasteiger partial charge in [0.15, 0.2) is 5.58 Å². The van der Waals surface area contributed by atoms with Gasteiger partial charge in [-0.15, -0.1) is 0 Å². The molecule has 2 fully saturated rings. The van der Waals surface area contributed by atoms with E-state index in [2.05, 4.69) is 15.1 Å². The smallest absolute Gasteiger partial charge is 0.270 e. The Hall–Kier alpha value is -1.79. The van der Waals surface area contributed by atoms with Gasteiger partial charge < -0.3 is 9.73 Å². The fourth-order valence-electron chi connectivity index (χ4n) is 4.40. The van der Waals surface area contributed by atoms with Crippen LogP contribution in [0, 0.1) is 4.84 Å². The predicted molar refractivity (Wildman–Crippen MR) is 129 cm³/mol. The molecule has 1 aromatic carbocycles. The number of carbonyl (C=O) groups excluding carboxylic acids is 1. The van der Waals surface area contributed by atoms with E-state index in [4.69, 9.17) is 16.6 Å². The van der Waals surface area contributed by atoms with Gasteiger partial charge >= 0.3 is 0 Å². The van der Waals surface area contributed by atoms with Crippen molar-refractivity contribution in [3.05, 3.63) is 23.0 Å². The zero-order chi connectivity index (χ0) is 23.4. The van der Waals surface area contributed by atoms with Crippen molar-refractivity contribution in [1.29, 1.82) is 0 Å². The Bertz CT molecular complexity index is 1130.